The quantitative estimate of drug-likeness (QED) is 0.684. The van der Waals surface area contributed by atoms with Crippen molar-refractivity contribution in [3.63, 3.8) is 0 Å². The Morgan fingerprint density at radius 2 is 1.90 bits per heavy atom. The van der Waals surface area contributed by atoms with Gasteiger partial charge in [0, 0.05) is 26.1 Å². The largest absolute Gasteiger partial charge is 0.493 e. The number of nitrogens with zero attached hydrogens (tertiary/aromatic N) is 2. The Balaban J connectivity index is 1.66. The molecular formula is C22H26N2O5. The van der Waals surface area contributed by atoms with E-state index < -0.39 is 0 Å². The first-order valence-corrected chi connectivity index (χ1v) is 9.58. The second-order valence-electron chi connectivity index (χ2n) is 6.65. The van der Waals surface area contributed by atoms with Gasteiger partial charge < -0.3 is 24.0 Å². The van der Waals surface area contributed by atoms with Gasteiger partial charge in [-0.25, -0.2) is 0 Å². The number of amides is 2. The lowest BCUT2D eigenvalue weighted by atomic mass is 10.1. The van der Waals surface area contributed by atoms with Gasteiger partial charge in [0.1, 0.15) is 5.75 Å². The zero-order valence-corrected chi connectivity index (χ0v) is 17.0. The number of fused-ring (bicyclic) bond motifs is 1. The van der Waals surface area contributed by atoms with Gasteiger partial charge in [-0.3, -0.25) is 9.59 Å². The Kier molecular flexibility index (Phi) is 6.59. The van der Waals surface area contributed by atoms with Crippen LogP contribution in [0.1, 0.15) is 18.9 Å². The molecule has 2 amide bonds. The van der Waals surface area contributed by atoms with Crippen LogP contribution in [0.25, 0.3) is 0 Å². The molecule has 1 aliphatic rings. The van der Waals surface area contributed by atoms with E-state index in [0.29, 0.717) is 42.6 Å². The number of hydrogen-bond donors (Lipinski definition) is 0. The number of ether oxygens (including phenoxy) is 3. The minimum absolute atomic E-state index is 0.00562. The van der Waals surface area contributed by atoms with E-state index in [1.54, 1.807) is 24.0 Å². The minimum atomic E-state index is -0.139. The van der Waals surface area contributed by atoms with Gasteiger partial charge in [0.25, 0.3) is 5.91 Å². The van der Waals surface area contributed by atoms with E-state index in [2.05, 4.69) is 0 Å². The van der Waals surface area contributed by atoms with Crippen molar-refractivity contribution in [1.29, 1.82) is 0 Å². The molecule has 3 rings (SSSR count). The predicted octanol–water partition coefficient (Wildman–Crippen LogP) is 2.87. The first-order valence-electron chi connectivity index (χ1n) is 9.58. The van der Waals surface area contributed by atoms with Gasteiger partial charge in [-0.2, -0.15) is 0 Å². The lowest BCUT2D eigenvalue weighted by Crippen LogP contribution is -2.41. The van der Waals surface area contributed by atoms with Crippen molar-refractivity contribution in [3.05, 3.63) is 48.0 Å². The SMILES string of the molecule is CCN(Cc1ccc(OC)c(OC)c1)C(=O)CCN1C(=O)COc2ccccc21. The fourth-order valence-corrected chi connectivity index (χ4v) is 3.34. The number of carbonyl (C=O) groups excluding carboxylic acids is 2. The van der Waals surface area contributed by atoms with Gasteiger partial charge >= 0.3 is 0 Å². The third kappa shape index (κ3) is 4.62. The summed E-state index contributed by atoms with van der Waals surface area (Å²) in [6.45, 7) is 3.28. The van der Waals surface area contributed by atoms with E-state index in [4.69, 9.17) is 14.2 Å². The summed E-state index contributed by atoms with van der Waals surface area (Å²) < 4.78 is 16.1. The average Bonchev–Trinajstić information content (AvgIpc) is 2.76. The maximum atomic E-state index is 12.8. The van der Waals surface area contributed by atoms with Crippen LogP contribution in [0.15, 0.2) is 42.5 Å². The molecule has 0 unspecified atom stereocenters. The van der Waals surface area contributed by atoms with Crippen LogP contribution in [-0.2, 0) is 16.1 Å². The molecule has 0 aromatic heterocycles. The number of methoxy groups -OCH3 is 2. The Morgan fingerprint density at radius 1 is 1.14 bits per heavy atom. The molecule has 2 aromatic carbocycles. The first-order chi connectivity index (χ1) is 14.1. The molecule has 29 heavy (non-hydrogen) atoms. The Morgan fingerprint density at radius 3 is 2.62 bits per heavy atom. The minimum Gasteiger partial charge on any atom is -0.493 e. The van der Waals surface area contributed by atoms with Gasteiger partial charge in [-0.1, -0.05) is 18.2 Å². The molecule has 0 N–H and O–H groups in total. The van der Waals surface area contributed by atoms with E-state index >= 15 is 0 Å². The highest BCUT2D eigenvalue weighted by atomic mass is 16.5. The van der Waals surface area contributed by atoms with Crippen molar-refractivity contribution in [3.8, 4) is 17.2 Å². The summed E-state index contributed by atoms with van der Waals surface area (Å²) in [4.78, 5) is 28.5. The van der Waals surface area contributed by atoms with Crippen LogP contribution in [-0.4, -0.2) is 50.6 Å². The van der Waals surface area contributed by atoms with Crippen molar-refractivity contribution in [2.24, 2.45) is 0 Å². The van der Waals surface area contributed by atoms with Gasteiger partial charge in [0.15, 0.2) is 18.1 Å². The zero-order valence-electron chi connectivity index (χ0n) is 17.0. The normalized spacial score (nSPS) is 12.8. The number of benzene rings is 2. The van der Waals surface area contributed by atoms with Crippen molar-refractivity contribution < 1.29 is 23.8 Å². The highest BCUT2D eigenvalue weighted by molar-refractivity contribution is 5.98. The van der Waals surface area contributed by atoms with E-state index in [9.17, 15) is 9.59 Å². The summed E-state index contributed by atoms with van der Waals surface area (Å²) in [6, 6.07) is 13.0. The van der Waals surface area contributed by atoms with E-state index in [1.807, 2.05) is 49.4 Å². The summed E-state index contributed by atoms with van der Waals surface area (Å²) in [6.07, 6.45) is 0.237. The molecule has 0 saturated heterocycles. The molecule has 154 valence electrons. The van der Waals surface area contributed by atoms with E-state index in [0.717, 1.165) is 5.56 Å². The number of carbonyl (C=O) groups is 2. The van der Waals surface area contributed by atoms with Gasteiger partial charge in [0.05, 0.1) is 19.9 Å². The molecule has 0 atom stereocenters. The average molecular weight is 398 g/mol. The Bertz CT molecular complexity index is 883. The van der Waals surface area contributed by atoms with Crippen molar-refractivity contribution in [1.82, 2.24) is 4.90 Å². The summed E-state index contributed by atoms with van der Waals surface area (Å²) in [7, 11) is 3.17. The molecule has 1 aliphatic heterocycles. The maximum absolute atomic E-state index is 12.8. The molecule has 1 heterocycles. The standard InChI is InChI=1S/C22H26N2O5/c1-4-23(14-16-9-10-19(27-2)20(13-16)28-3)21(25)11-12-24-17-7-5-6-8-18(17)29-15-22(24)26/h5-10,13H,4,11-12,14-15H2,1-3H3. The van der Waals surface area contributed by atoms with Gasteiger partial charge in [-0.05, 0) is 36.8 Å². The molecule has 0 bridgehead atoms. The summed E-state index contributed by atoms with van der Waals surface area (Å²) in [5.41, 5.74) is 1.66. The molecule has 7 heteroatoms. The van der Waals surface area contributed by atoms with Crippen LogP contribution in [0.2, 0.25) is 0 Å². The molecule has 0 saturated carbocycles. The third-order valence-electron chi connectivity index (χ3n) is 4.91. The van der Waals surface area contributed by atoms with Gasteiger partial charge in [0.2, 0.25) is 5.91 Å². The van der Waals surface area contributed by atoms with Crippen molar-refractivity contribution >= 4 is 17.5 Å². The highest BCUT2D eigenvalue weighted by Crippen LogP contribution is 2.31. The lowest BCUT2D eigenvalue weighted by Gasteiger charge is -2.30. The number of anilines is 1. The number of rotatable bonds is 8. The number of hydrogen-bond acceptors (Lipinski definition) is 5. The molecular weight excluding hydrogens is 372 g/mol. The monoisotopic (exact) mass is 398 g/mol. The summed E-state index contributed by atoms with van der Waals surface area (Å²) >= 11 is 0. The van der Waals surface area contributed by atoms with E-state index in [1.165, 1.54) is 0 Å². The maximum Gasteiger partial charge on any atom is 0.265 e. The number of para-hydroxylation sites is 2. The van der Waals surface area contributed by atoms with Crippen LogP contribution in [0.5, 0.6) is 17.2 Å². The topological polar surface area (TPSA) is 68.3 Å². The molecule has 7 nitrogen and oxygen atoms in total. The van der Waals surface area contributed by atoms with Crippen molar-refractivity contribution in [2.45, 2.75) is 19.9 Å². The fraction of sp³-hybridized carbons (Fsp3) is 0.364. The zero-order chi connectivity index (χ0) is 20.8. The summed E-state index contributed by atoms with van der Waals surface area (Å²) in [5.74, 6) is 1.79. The van der Waals surface area contributed by atoms with Crippen LogP contribution >= 0.6 is 0 Å². The molecule has 0 fully saturated rings. The second-order valence-corrected chi connectivity index (χ2v) is 6.65. The fourth-order valence-electron chi connectivity index (χ4n) is 3.34. The Hall–Kier alpha value is -3.22. The van der Waals surface area contributed by atoms with Crippen molar-refractivity contribution in [2.75, 3.05) is 38.8 Å². The molecule has 0 aliphatic carbocycles. The Labute approximate surface area is 170 Å². The van der Waals surface area contributed by atoms with Crippen LogP contribution in [0, 0.1) is 0 Å². The third-order valence-corrected chi connectivity index (χ3v) is 4.91. The predicted molar refractivity (Wildman–Crippen MR) is 110 cm³/mol. The molecule has 2 aromatic rings. The van der Waals surface area contributed by atoms with Crippen LogP contribution in [0.3, 0.4) is 0 Å². The van der Waals surface area contributed by atoms with E-state index in [-0.39, 0.29) is 24.8 Å². The summed E-state index contributed by atoms with van der Waals surface area (Å²) in [5, 5.41) is 0. The molecule has 0 spiro atoms. The van der Waals surface area contributed by atoms with Crippen LogP contribution in [0.4, 0.5) is 5.69 Å². The highest BCUT2D eigenvalue weighted by Gasteiger charge is 2.26. The lowest BCUT2D eigenvalue weighted by molar-refractivity contribution is -0.131. The van der Waals surface area contributed by atoms with Gasteiger partial charge in [-0.15, -0.1) is 0 Å². The second kappa shape index (κ2) is 9.32. The first kappa shape index (κ1) is 20.5. The van der Waals surface area contributed by atoms with Crippen LogP contribution < -0.4 is 19.1 Å². The molecule has 0 radical (unpaired) electrons. The smallest absolute Gasteiger partial charge is 0.265 e.